The fourth-order valence-corrected chi connectivity index (χ4v) is 1.23. The van der Waals surface area contributed by atoms with Gasteiger partial charge in [0.15, 0.2) is 5.11 Å². The van der Waals surface area contributed by atoms with Gasteiger partial charge in [0.25, 0.3) is 0 Å². The quantitative estimate of drug-likeness (QED) is 0.318. The molecule has 0 radical (unpaired) electrons. The van der Waals surface area contributed by atoms with Gasteiger partial charge in [-0.25, -0.2) is 0 Å². The van der Waals surface area contributed by atoms with Gasteiger partial charge >= 0.3 is 0 Å². The average molecular weight is 235 g/mol. The third kappa shape index (κ3) is 3.70. The highest BCUT2D eigenvalue weighted by Crippen LogP contribution is 2.18. The molecule has 16 heavy (non-hydrogen) atoms. The van der Waals surface area contributed by atoms with E-state index >= 15 is 0 Å². The number of rotatable bonds is 4. The van der Waals surface area contributed by atoms with Gasteiger partial charge in [-0.1, -0.05) is 6.08 Å². The number of nitrogens with one attached hydrogen (secondary N) is 1. The van der Waals surface area contributed by atoms with E-state index in [0.717, 1.165) is 11.1 Å². The van der Waals surface area contributed by atoms with Crippen LogP contribution in [0.4, 0.5) is 0 Å². The van der Waals surface area contributed by atoms with E-state index in [1.54, 1.807) is 24.4 Å². The van der Waals surface area contributed by atoms with Crippen LogP contribution in [0.15, 0.2) is 36.0 Å². The Kier molecular flexibility index (Phi) is 4.47. The Bertz CT molecular complexity index is 429. The standard InChI is InChI=1S/C11H13N3OS/c1-2-3-9-6-8(4-5-10(9)15)7-13-14-11(12)16/h2,4-7,15H,1,3H2,(H3,12,14,16). The van der Waals surface area contributed by atoms with Crippen molar-refractivity contribution in [1.29, 1.82) is 0 Å². The number of thiocarbonyl (C=S) groups is 1. The lowest BCUT2D eigenvalue weighted by Crippen LogP contribution is -2.23. The van der Waals surface area contributed by atoms with E-state index in [-0.39, 0.29) is 10.9 Å². The molecule has 0 aliphatic carbocycles. The van der Waals surface area contributed by atoms with Crippen LogP contribution in [0.5, 0.6) is 5.75 Å². The molecule has 0 fully saturated rings. The van der Waals surface area contributed by atoms with E-state index in [2.05, 4.69) is 29.3 Å². The Morgan fingerprint density at radius 3 is 3.00 bits per heavy atom. The highest BCUT2D eigenvalue weighted by Gasteiger charge is 1.99. The molecule has 0 amide bonds. The Morgan fingerprint density at radius 2 is 2.38 bits per heavy atom. The second-order valence-electron chi connectivity index (χ2n) is 3.12. The molecule has 5 heteroatoms. The smallest absolute Gasteiger partial charge is 0.184 e. The molecule has 0 aliphatic rings. The van der Waals surface area contributed by atoms with Crippen molar-refractivity contribution < 1.29 is 5.11 Å². The average Bonchev–Trinajstić information content (AvgIpc) is 2.22. The van der Waals surface area contributed by atoms with Crippen molar-refractivity contribution in [2.24, 2.45) is 10.8 Å². The largest absolute Gasteiger partial charge is 0.508 e. The first-order chi connectivity index (χ1) is 7.63. The van der Waals surface area contributed by atoms with Crippen LogP contribution in [0.2, 0.25) is 0 Å². The first-order valence-electron chi connectivity index (χ1n) is 4.64. The Morgan fingerprint density at radius 1 is 1.62 bits per heavy atom. The lowest BCUT2D eigenvalue weighted by Gasteiger charge is -2.02. The number of hydrogen-bond donors (Lipinski definition) is 3. The number of allylic oxidation sites excluding steroid dienone is 1. The van der Waals surface area contributed by atoms with Gasteiger partial charge in [0, 0.05) is 0 Å². The topological polar surface area (TPSA) is 70.6 Å². The predicted molar refractivity (Wildman–Crippen MR) is 69.5 cm³/mol. The minimum absolute atomic E-state index is 0.112. The highest BCUT2D eigenvalue weighted by atomic mass is 32.1. The van der Waals surface area contributed by atoms with E-state index in [4.69, 9.17) is 5.73 Å². The highest BCUT2D eigenvalue weighted by molar-refractivity contribution is 7.80. The van der Waals surface area contributed by atoms with Gasteiger partial charge < -0.3 is 10.8 Å². The van der Waals surface area contributed by atoms with Crippen molar-refractivity contribution in [3.63, 3.8) is 0 Å². The minimum Gasteiger partial charge on any atom is -0.508 e. The van der Waals surface area contributed by atoms with Gasteiger partial charge in [-0.3, -0.25) is 5.43 Å². The number of phenolic OH excluding ortho intramolecular Hbond substituents is 1. The summed E-state index contributed by atoms with van der Waals surface area (Å²) in [5.41, 5.74) is 9.31. The molecular weight excluding hydrogens is 222 g/mol. The molecule has 1 rings (SSSR count). The van der Waals surface area contributed by atoms with Gasteiger partial charge in [0.05, 0.1) is 6.21 Å². The number of hydrazone groups is 1. The van der Waals surface area contributed by atoms with Crippen molar-refractivity contribution in [1.82, 2.24) is 5.43 Å². The fraction of sp³-hybridized carbons (Fsp3) is 0.0909. The molecule has 0 atom stereocenters. The van der Waals surface area contributed by atoms with Crippen molar-refractivity contribution in [2.45, 2.75) is 6.42 Å². The SMILES string of the molecule is C=CCc1cc(C=NNC(N)=S)ccc1O. The van der Waals surface area contributed by atoms with Gasteiger partial charge in [-0.2, -0.15) is 5.10 Å². The molecule has 0 aliphatic heterocycles. The summed E-state index contributed by atoms with van der Waals surface area (Å²) in [6, 6.07) is 5.18. The Balaban J connectivity index is 2.81. The van der Waals surface area contributed by atoms with Crippen LogP contribution in [0, 0.1) is 0 Å². The second-order valence-corrected chi connectivity index (χ2v) is 3.56. The van der Waals surface area contributed by atoms with Crippen molar-refractivity contribution in [2.75, 3.05) is 0 Å². The van der Waals surface area contributed by atoms with E-state index in [0.29, 0.717) is 6.42 Å². The number of hydrogen-bond acceptors (Lipinski definition) is 3. The van der Waals surface area contributed by atoms with E-state index in [9.17, 15) is 5.11 Å². The third-order valence-corrected chi connectivity index (χ3v) is 1.95. The van der Waals surface area contributed by atoms with E-state index in [1.807, 2.05) is 6.07 Å². The maximum absolute atomic E-state index is 9.53. The van der Waals surface area contributed by atoms with Gasteiger partial charge in [-0.05, 0) is 48.0 Å². The van der Waals surface area contributed by atoms with Gasteiger partial charge in [-0.15, -0.1) is 6.58 Å². The summed E-state index contributed by atoms with van der Waals surface area (Å²) in [5.74, 6) is 0.249. The summed E-state index contributed by atoms with van der Waals surface area (Å²) in [5, 5.41) is 13.5. The zero-order valence-corrected chi connectivity index (χ0v) is 9.50. The molecule has 1 aromatic carbocycles. The molecule has 0 saturated heterocycles. The van der Waals surface area contributed by atoms with Crippen LogP contribution in [-0.4, -0.2) is 16.4 Å². The monoisotopic (exact) mass is 235 g/mol. The van der Waals surface area contributed by atoms with Crippen LogP contribution in [-0.2, 0) is 6.42 Å². The molecular formula is C11H13N3OS. The maximum atomic E-state index is 9.53. The number of benzene rings is 1. The lowest BCUT2D eigenvalue weighted by molar-refractivity contribution is 0.469. The Labute approximate surface area is 99.5 Å². The van der Waals surface area contributed by atoms with Gasteiger partial charge in [0.2, 0.25) is 0 Å². The molecule has 0 unspecified atom stereocenters. The second kappa shape index (κ2) is 5.87. The first kappa shape index (κ1) is 12.2. The summed E-state index contributed by atoms with van der Waals surface area (Å²) in [7, 11) is 0. The number of nitrogens with zero attached hydrogens (tertiary/aromatic N) is 1. The number of nitrogens with two attached hydrogens (primary N) is 1. The molecule has 0 spiro atoms. The first-order valence-corrected chi connectivity index (χ1v) is 5.05. The molecule has 84 valence electrons. The van der Waals surface area contributed by atoms with Crippen molar-refractivity contribution in [3.8, 4) is 5.75 Å². The van der Waals surface area contributed by atoms with Crippen molar-refractivity contribution >= 4 is 23.5 Å². The summed E-state index contributed by atoms with van der Waals surface area (Å²) in [4.78, 5) is 0. The Hall–Kier alpha value is -1.88. The third-order valence-electron chi connectivity index (χ3n) is 1.86. The molecule has 0 saturated carbocycles. The normalized spacial score (nSPS) is 10.2. The van der Waals surface area contributed by atoms with Crippen LogP contribution in [0.25, 0.3) is 0 Å². The van der Waals surface area contributed by atoms with Crippen LogP contribution in [0.3, 0.4) is 0 Å². The summed E-state index contributed by atoms with van der Waals surface area (Å²) >= 11 is 4.60. The zero-order chi connectivity index (χ0) is 12.0. The van der Waals surface area contributed by atoms with E-state index in [1.165, 1.54) is 0 Å². The maximum Gasteiger partial charge on any atom is 0.184 e. The van der Waals surface area contributed by atoms with Crippen LogP contribution in [0.1, 0.15) is 11.1 Å². The molecule has 0 bridgehead atoms. The molecule has 0 heterocycles. The molecule has 0 aromatic heterocycles. The van der Waals surface area contributed by atoms with E-state index < -0.39 is 0 Å². The van der Waals surface area contributed by atoms with Crippen molar-refractivity contribution in [3.05, 3.63) is 42.0 Å². The van der Waals surface area contributed by atoms with Crippen LogP contribution < -0.4 is 11.2 Å². The lowest BCUT2D eigenvalue weighted by atomic mass is 10.1. The molecule has 1 aromatic rings. The summed E-state index contributed by atoms with van der Waals surface area (Å²) < 4.78 is 0. The number of phenols is 1. The predicted octanol–water partition coefficient (Wildman–Crippen LogP) is 1.29. The summed E-state index contributed by atoms with van der Waals surface area (Å²) in [6.07, 6.45) is 3.91. The zero-order valence-electron chi connectivity index (χ0n) is 8.68. The molecule has 4 nitrogen and oxygen atoms in total. The summed E-state index contributed by atoms with van der Waals surface area (Å²) in [6.45, 7) is 3.62. The van der Waals surface area contributed by atoms with Crippen LogP contribution >= 0.6 is 12.2 Å². The molecule has 4 N–H and O–H groups in total. The van der Waals surface area contributed by atoms with Gasteiger partial charge in [0.1, 0.15) is 5.75 Å². The number of aromatic hydroxyl groups is 1. The minimum atomic E-state index is 0.112. The fourth-order valence-electron chi connectivity index (χ4n) is 1.18.